The number of ether oxygens (including phenoxy) is 2. The first-order valence-corrected chi connectivity index (χ1v) is 9.19. The molecule has 7 heteroatoms. The molecular formula is C19H27N3O4. The summed E-state index contributed by atoms with van der Waals surface area (Å²) in [5.41, 5.74) is 0.665. The number of rotatable bonds is 5. The number of hydrogen-bond donors (Lipinski definition) is 1. The van der Waals surface area contributed by atoms with E-state index in [1.54, 1.807) is 7.11 Å². The Morgan fingerprint density at radius 3 is 2.77 bits per heavy atom. The van der Waals surface area contributed by atoms with E-state index in [1.165, 1.54) is 0 Å². The van der Waals surface area contributed by atoms with Gasteiger partial charge in [0.25, 0.3) is 0 Å². The zero-order valence-electron chi connectivity index (χ0n) is 15.3. The molecule has 1 aromatic rings. The number of anilines is 1. The minimum absolute atomic E-state index is 0.0269. The van der Waals surface area contributed by atoms with Gasteiger partial charge in [-0.3, -0.25) is 14.5 Å². The lowest BCUT2D eigenvalue weighted by Crippen LogP contribution is -2.49. The normalized spacial score (nSPS) is 21.3. The van der Waals surface area contributed by atoms with Crippen molar-refractivity contribution in [3.05, 3.63) is 24.3 Å². The lowest BCUT2D eigenvalue weighted by atomic mass is 9.96. The molecule has 1 aromatic carbocycles. The Kier molecular flexibility index (Phi) is 6.46. The van der Waals surface area contributed by atoms with Crippen LogP contribution in [0.15, 0.2) is 24.3 Å². The van der Waals surface area contributed by atoms with Gasteiger partial charge in [0.1, 0.15) is 5.75 Å². The second kappa shape index (κ2) is 9.00. The number of amides is 2. The maximum atomic E-state index is 12.7. The molecule has 1 atom stereocenters. The Labute approximate surface area is 154 Å². The number of morpholine rings is 1. The van der Waals surface area contributed by atoms with Gasteiger partial charge in [0.05, 0.1) is 38.5 Å². The third kappa shape index (κ3) is 4.74. The average Bonchev–Trinajstić information content (AvgIpc) is 2.68. The Balaban J connectivity index is 1.52. The van der Waals surface area contributed by atoms with Gasteiger partial charge in [-0.05, 0) is 31.5 Å². The maximum absolute atomic E-state index is 12.7. The molecule has 7 nitrogen and oxygen atoms in total. The van der Waals surface area contributed by atoms with Gasteiger partial charge >= 0.3 is 0 Å². The van der Waals surface area contributed by atoms with Crippen molar-refractivity contribution in [1.82, 2.24) is 9.80 Å². The second-order valence-electron chi connectivity index (χ2n) is 6.76. The van der Waals surface area contributed by atoms with Crippen molar-refractivity contribution in [2.75, 3.05) is 58.4 Å². The number of nitrogens with one attached hydrogen (secondary N) is 1. The minimum Gasteiger partial charge on any atom is -0.495 e. The molecule has 0 spiro atoms. The van der Waals surface area contributed by atoms with Gasteiger partial charge in [-0.2, -0.15) is 0 Å². The molecule has 0 radical (unpaired) electrons. The number of piperidine rings is 1. The summed E-state index contributed by atoms with van der Waals surface area (Å²) in [6, 6.07) is 7.35. The molecule has 2 aliphatic heterocycles. The summed E-state index contributed by atoms with van der Waals surface area (Å²) < 4.78 is 10.6. The number of hydrogen-bond acceptors (Lipinski definition) is 5. The van der Waals surface area contributed by atoms with Crippen LogP contribution in [-0.4, -0.2) is 74.7 Å². The highest BCUT2D eigenvalue weighted by Gasteiger charge is 2.30. The quantitative estimate of drug-likeness (QED) is 0.853. The van der Waals surface area contributed by atoms with Crippen molar-refractivity contribution in [2.24, 2.45) is 5.92 Å². The van der Waals surface area contributed by atoms with Gasteiger partial charge in [-0.25, -0.2) is 0 Å². The molecule has 0 aromatic heterocycles. The molecule has 142 valence electrons. The zero-order valence-corrected chi connectivity index (χ0v) is 15.3. The molecule has 1 unspecified atom stereocenters. The molecule has 0 bridgehead atoms. The first kappa shape index (κ1) is 18.7. The third-order valence-electron chi connectivity index (χ3n) is 4.93. The van der Waals surface area contributed by atoms with E-state index in [0.29, 0.717) is 44.3 Å². The number of methoxy groups -OCH3 is 1. The van der Waals surface area contributed by atoms with Gasteiger partial charge in [-0.15, -0.1) is 0 Å². The third-order valence-corrected chi connectivity index (χ3v) is 4.93. The fraction of sp³-hybridized carbons (Fsp3) is 0.579. The van der Waals surface area contributed by atoms with E-state index in [-0.39, 0.29) is 24.3 Å². The van der Waals surface area contributed by atoms with E-state index in [4.69, 9.17) is 9.47 Å². The second-order valence-corrected chi connectivity index (χ2v) is 6.76. The van der Waals surface area contributed by atoms with Gasteiger partial charge in [0.15, 0.2) is 0 Å². The van der Waals surface area contributed by atoms with Crippen molar-refractivity contribution < 1.29 is 19.1 Å². The molecule has 2 aliphatic rings. The van der Waals surface area contributed by atoms with Crippen LogP contribution in [0.25, 0.3) is 0 Å². The molecule has 0 aliphatic carbocycles. The van der Waals surface area contributed by atoms with E-state index in [0.717, 1.165) is 19.4 Å². The summed E-state index contributed by atoms with van der Waals surface area (Å²) in [7, 11) is 1.58. The smallest absolute Gasteiger partial charge is 0.238 e. The van der Waals surface area contributed by atoms with Crippen molar-refractivity contribution in [2.45, 2.75) is 12.8 Å². The van der Waals surface area contributed by atoms with Crippen LogP contribution in [-0.2, 0) is 14.3 Å². The summed E-state index contributed by atoms with van der Waals surface area (Å²) in [4.78, 5) is 29.1. The highest BCUT2D eigenvalue weighted by Crippen LogP contribution is 2.23. The topological polar surface area (TPSA) is 71.1 Å². The first-order valence-electron chi connectivity index (χ1n) is 9.19. The van der Waals surface area contributed by atoms with E-state index < -0.39 is 0 Å². The predicted octanol–water partition coefficient (Wildman–Crippen LogP) is 1.20. The maximum Gasteiger partial charge on any atom is 0.238 e. The molecule has 3 rings (SSSR count). The summed E-state index contributed by atoms with van der Waals surface area (Å²) >= 11 is 0. The number of carbonyl (C=O) groups is 2. The Hall–Kier alpha value is -2.12. The van der Waals surface area contributed by atoms with Crippen LogP contribution in [0.1, 0.15) is 12.8 Å². The highest BCUT2D eigenvalue weighted by atomic mass is 16.5. The molecule has 0 saturated carbocycles. The number of para-hydroxylation sites is 2. The van der Waals surface area contributed by atoms with Gasteiger partial charge in [-0.1, -0.05) is 12.1 Å². The van der Waals surface area contributed by atoms with Crippen molar-refractivity contribution in [1.29, 1.82) is 0 Å². The van der Waals surface area contributed by atoms with Gasteiger partial charge < -0.3 is 19.7 Å². The highest BCUT2D eigenvalue weighted by molar-refractivity contribution is 5.93. The molecule has 26 heavy (non-hydrogen) atoms. The SMILES string of the molecule is COc1ccccc1NC(=O)CN1CCCC(C(=O)N2CCOCC2)C1. The van der Waals surface area contributed by atoms with Crippen LogP contribution in [0.3, 0.4) is 0 Å². The van der Waals surface area contributed by atoms with E-state index >= 15 is 0 Å². The lowest BCUT2D eigenvalue weighted by molar-refractivity contribution is -0.141. The molecule has 2 amide bonds. The first-order chi connectivity index (χ1) is 12.7. The molecule has 1 N–H and O–H groups in total. The lowest BCUT2D eigenvalue weighted by Gasteiger charge is -2.35. The number of benzene rings is 1. The Morgan fingerprint density at radius 2 is 2.00 bits per heavy atom. The molecular weight excluding hydrogens is 334 g/mol. The predicted molar refractivity (Wildman–Crippen MR) is 98.2 cm³/mol. The molecule has 2 fully saturated rings. The number of carbonyl (C=O) groups excluding carboxylic acids is 2. The fourth-order valence-electron chi connectivity index (χ4n) is 3.58. The summed E-state index contributed by atoms with van der Waals surface area (Å²) in [5.74, 6) is 0.720. The summed E-state index contributed by atoms with van der Waals surface area (Å²) in [6.07, 6.45) is 1.82. The van der Waals surface area contributed by atoms with Gasteiger partial charge in [0.2, 0.25) is 11.8 Å². The van der Waals surface area contributed by atoms with Crippen LogP contribution in [0.5, 0.6) is 5.75 Å². The van der Waals surface area contributed by atoms with Crippen LogP contribution in [0.2, 0.25) is 0 Å². The van der Waals surface area contributed by atoms with Crippen LogP contribution in [0.4, 0.5) is 5.69 Å². The van der Waals surface area contributed by atoms with Crippen LogP contribution >= 0.6 is 0 Å². The zero-order chi connectivity index (χ0) is 18.4. The molecule has 2 heterocycles. The molecule has 2 saturated heterocycles. The fourth-order valence-corrected chi connectivity index (χ4v) is 3.58. The van der Waals surface area contributed by atoms with E-state index in [9.17, 15) is 9.59 Å². The summed E-state index contributed by atoms with van der Waals surface area (Å²) in [6.45, 7) is 4.33. The largest absolute Gasteiger partial charge is 0.495 e. The number of nitrogens with zero attached hydrogens (tertiary/aromatic N) is 2. The van der Waals surface area contributed by atoms with Crippen LogP contribution < -0.4 is 10.1 Å². The van der Waals surface area contributed by atoms with Crippen molar-refractivity contribution in [3.8, 4) is 5.75 Å². The van der Waals surface area contributed by atoms with E-state index in [1.807, 2.05) is 29.2 Å². The Morgan fingerprint density at radius 1 is 1.23 bits per heavy atom. The summed E-state index contributed by atoms with van der Waals surface area (Å²) in [5, 5.41) is 2.90. The Bertz CT molecular complexity index is 631. The van der Waals surface area contributed by atoms with Crippen LogP contribution in [0, 0.1) is 5.92 Å². The van der Waals surface area contributed by atoms with Gasteiger partial charge in [0, 0.05) is 19.6 Å². The monoisotopic (exact) mass is 361 g/mol. The van der Waals surface area contributed by atoms with Crippen molar-refractivity contribution in [3.63, 3.8) is 0 Å². The number of likely N-dealkylation sites (tertiary alicyclic amines) is 1. The van der Waals surface area contributed by atoms with E-state index in [2.05, 4.69) is 10.2 Å². The minimum atomic E-state index is -0.0889. The standard InChI is InChI=1S/C19H27N3O4/c1-25-17-7-3-2-6-16(17)20-18(23)14-21-8-4-5-15(13-21)19(24)22-9-11-26-12-10-22/h2-3,6-7,15H,4-5,8-14H2,1H3,(H,20,23). The van der Waals surface area contributed by atoms with Crippen molar-refractivity contribution >= 4 is 17.5 Å². The average molecular weight is 361 g/mol.